The Kier molecular flexibility index (Phi) is 1.38. The van der Waals surface area contributed by atoms with Gasteiger partial charge < -0.3 is 4.65 Å². The largest absolute Gasteiger partial charge is 0.430 e. The Balaban J connectivity index is 2.27. The predicted octanol–water partition coefficient (Wildman–Crippen LogP) is 0.920. The Morgan fingerprint density at radius 2 is 2.60 bits per heavy atom. The molecule has 1 saturated heterocycles. The second-order valence-corrected chi connectivity index (χ2v) is 2.67. The summed E-state index contributed by atoms with van der Waals surface area (Å²) in [6.45, 7) is 0.603. The van der Waals surface area contributed by atoms with Crippen LogP contribution in [0.25, 0.3) is 0 Å². The number of allylic oxidation sites excluding steroid dienone is 2. The smallest absolute Gasteiger partial charge is 0.309 e. The van der Waals surface area contributed by atoms with E-state index in [1.54, 1.807) is 6.08 Å². The fraction of sp³-hybridized carbons (Fsp3) is 0.429. The van der Waals surface area contributed by atoms with Gasteiger partial charge in [0, 0.05) is 6.42 Å². The van der Waals surface area contributed by atoms with E-state index < -0.39 is 6.17 Å². The molecule has 0 saturated carbocycles. The lowest BCUT2D eigenvalue weighted by Crippen LogP contribution is -2.03. The molecule has 1 nitrogen and oxygen atoms in total. The second-order valence-electron chi connectivity index (χ2n) is 2.67. The maximum Gasteiger partial charge on any atom is 0.309 e. The van der Waals surface area contributed by atoms with Gasteiger partial charge in [0.15, 0.2) is 0 Å². The van der Waals surface area contributed by atoms with Crippen molar-refractivity contribution in [3.05, 3.63) is 23.2 Å². The Hall–Kier alpha value is -0.565. The van der Waals surface area contributed by atoms with Crippen molar-refractivity contribution in [2.24, 2.45) is 0 Å². The fourth-order valence-electron chi connectivity index (χ4n) is 1.34. The molecule has 3 heteroatoms. The van der Waals surface area contributed by atoms with Gasteiger partial charge in [0.25, 0.3) is 0 Å². The summed E-state index contributed by atoms with van der Waals surface area (Å²) in [6, 6.07) is 0. The van der Waals surface area contributed by atoms with Gasteiger partial charge in [0.05, 0.1) is 6.61 Å². The lowest BCUT2D eigenvalue weighted by atomic mass is 9.81. The zero-order valence-electron chi connectivity index (χ0n) is 5.64. The summed E-state index contributed by atoms with van der Waals surface area (Å²) < 4.78 is 17.8. The molecule has 0 amide bonds. The molecule has 1 aliphatic carbocycles. The van der Waals surface area contributed by atoms with E-state index in [4.69, 9.17) is 4.65 Å². The average molecular weight is 138 g/mol. The molecule has 2 rings (SSSR count). The van der Waals surface area contributed by atoms with Crippen LogP contribution in [0, 0.1) is 0 Å². The Bertz CT molecular complexity index is 210. The van der Waals surface area contributed by atoms with Crippen molar-refractivity contribution in [1.82, 2.24) is 0 Å². The predicted molar refractivity (Wildman–Crippen MR) is 38.8 cm³/mol. The minimum Gasteiger partial charge on any atom is -0.430 e. The van der Waals surface area contributed by atoms with Crippen molar-refractivity contribution in [2.45, 2.75) is 12.6 Å². The van der Waals surface area contributed by atoms with Gasteiger partial charge >= 0.3 is 7.48 Å². The van der Waals surface area contributed by atoms with Gasteiger partial charge in [-0.2, -0.15) is 0 Å². The van der Waals surface area contributed by atoms with Gasteiger partial charge in [-0.15, -0.1) is 0 Å². The summed E-state index contributed by atoms with van der Waals surface area (Å²) in [5.41, 5.74) is 2.24. The van der Waals surface area contributed by atoms with Crippen molar-refractivity contribution in [2.75, 3.05) is 6.61 Å². The van der Waals surface area contributed by atoms with Crippen LogP contribution in [0.5, 0.6) is 0 Å². The third kappa shape index (κ3) is 0.906. The topological polar surface area (TPSA) is 9.23 Å². The molecule has 0 aromatic carbocycles. The first-order chi connectivity index (χ1) is 4.86. The summed E-state index contributed by atoms with van der Waals surface area (Å²) in [4.78, 5) is 0. The van der Waals surface area contributed by atoms with Crippen LogP contribution in [-0.2, 0) is 4.65 Å². The van der Waals surface area contributed by atoms with Gasteiger partial charge in [-0.05, 0) is 11.6 Å². The number of rotatable bonds is 0. The maximum atomic E-state index is 12.6. The molecule has 0 aromatic heterocycles. The molecular formula is C7H8BFO. The van der Waals surface area contributed by atoms with Gasteiger partial charge in [0.1, 0.15) is 6.17 Å². The van der Waals surface area contributed by atoms with E-state index in [2.05, 4.69) is 0 Å². The van der Waals surface area contributed by atoms with E-state index in [0.717, 1.165) is 5.57 Å². The van der Waals surface area contributed by atoms with Crippen molar-refractivity contribution in [1.29, 1.82) is 0 Å². The van der Waals surface area contributed by atoms with Crippen LogP contribution in [0.3, 0.4) is 0 Å². The molecule has 1 aliphatic heterocycles. The summed E-state index contributed by atoms with van der Waals surface area (Å²) in [5.74, 6) is 0. The third-order valence-electron chi connectivity index (χ3n) is 1.90. The van der Waals surface area contributed by atoms with Crippen LogP contribution in [0.15, 0.2) is 23.2 Å². The SMILES string of the molecule is FC1C=C2COBC2=CC1. The highest BCUT2D eigenvalue weighted by molar-refractivity contribution is 6.41. The van der Waals surface area contributed by atoms with Crippen molar-refractivity contribution in [3.63, 3.8) is 0 Å². The number of hydrogen-bond donors (Lipinski definition) is 0. The van der Waals surface area contributed by atoms with Crippen LogP contribution in [0.2, 0.25) is 0 Å². The van der Waals surface area contributed by atoms with Gasteiger partial charge in [-0.3, -0.25) is 0 Å². The molecule has 0 radical (unpaired) electrons. The van der Waals surface area contributed by atoms with Crippen LogP contribution >= 0.6 is 0 Å². The highest BCUT2D eigenvalue weighted by Crippen LogP contribution is 2.24. The molecule has 0 aromatic rings. The molecule has 0 spiro atoms. The van der Waals surface area contributed by atoms with E-state index in [1.807, 2.05) is 6.08 Å². The molecule has 52 valence electrons. The molecule has 1 heterocycles. The normalized spacial score (nSPS) is 30.3. The Morgan fingerprint density at radius 3 is 3.50 bits per heavy atom. The van der Waals surface area contributed by atoms with E-state index in [0.29, 0.717) is 20.5 Å². The van der Waals surface area contributed by atoms with Crippen molar-refractivity contribution < 1.29 is 9.04 Å². The molecule has 2 aliphatic rings. The number of fused-ring (bicyclic) bond motifs is 1. The van der Waals surface area contributed by atoms with E-state index in [-0.39, 0.29) is 0 Å². The molecule has 1 fully saturated rings. The highest BCUT2D eigenvalue weighted by atomic mass is 19.1. The monoisotopic (exact) mass is 138 g/mol. The minimum atomic E-state index is -0.777. The van der Waals surface area contributed by atoms with E-state index in [9.17, 15) is 4.39 Å². The highest BCUT2D eigenvalue weighted by Gasteiger charge is 2.20. The molecule has 1 unspecified atom stereocenters. The summed E-state index contributed by atoms with van der Waals surface area (Å²) in [5, 5.41) is 0. The maximum absolute atomic E-state index is 12.6. The number of alkyl halides is 1. The molecular weight excluding hydrogens is 130 g/mol. The molecule has 1 atom stereocenters. The summed E-state index contributed by atoms with van der Waals surface area (Å²) in [6.07, 6.45) is 3.36. The fourth-order valence-corrected chi connectivity index (χ4v) is 1.34. The zero-order valence-corrected chi connectivity index (χ0v) is 5.64. The van der Waals surface area contributed by atoms with E-state index in [1.165, 1.54) is 5.47 Å². The van der Waals surface area contributed by atoms with Gasteiger partial charge in [-0.1, -0.05) is 11.5 Å². The first kappa shape index (κ1) is 6.16. The van der Waals surface area contributed by atoms with Crippen molar-refractivity contribution in [3.8, 4) is 0 Å². The van der Waals surface area contributed by atoms with Crippen LogP contribution < -0.4 is 0 Å². The van der Waals surface area contributed by atoms with Crippen LogP contribution in [-0.4, -0.2) is 20.3 Å². The quantitative estimate of drug-likeness (QED) is 0.452. The molecule has 0 N–H and O–H groups in total. The first-order valence-electron chi connectivity index (χ1n) is 3.48. The van der Waals surface area contributed by atoms with Crippen LogP contribution in [0.4, 0.5) is 4.39 Å². The average Bonchev–Trinajstić information content (AvgIpc) is 2.33. The second kappa shape index (κ2) is 2.24. The van der Waals surface area contributed by atoms with Gasteiger partial charge in [-0.25, -0.2) is 4.39 Å². The summed E-state index contributed by atoms with van der Waals surface area (Å²) >= 11 is 0. The van der Waals surface area contributed by atoms with E-state index >= 15 is 0 Å². The van der Waals surface area contributed by atoms with Crippen molar-refractivity contribution >= 4 is 7.48 Å². The lowest BCUT2D eigenvalue weighted by Gasteiger charge is -2.08. The Labute approximate surface area is 59.8 Å². The Morgan fingerprint density at radius 1 is 1.70 bits per heavy atom. The standard InChI is InChI=1S/C7H8BFO/c9-6-1-2-7-5(3-6)4-10-8-7/h2-3,6,8H,1,4H2. The summed E-state index contributed by atoms with van der Waals surface area (Å²) in [7, 11) is 0.679. The minimum absolute atomic E-state index is 0.530. The first-order valence-corrected chi connectivity index (χ1v) is 3.48. The number of halogens is 1. The number of hydrogen-bond acceptors (Lipinski definition) is 1. The van der Waals surface area contributed by atoms with Crippen LogP contribution in [0.1, 0.15) is 6.42 Å². The third-order valence-corrected chi connectivity index (χ3v) is 1.90. The van der Waals surface area contributed by atoms with Gasteiger partial charge in [0.2, 0.25) is 0 Å². The molecule has 0 bridgehead atoms. The lowest BCUT2D eigenvalue weighted by molar-refractivity contribution is 0.384. The molecule has 10 heavy (non-hydrogen) atoms. The zero-order chi connectivity index (χ0) is 6.97.